The van der Waals surface area contributed by atoms with E-state index in [0.717, 1.165) is 15.2 Å². The van der Waals surface area contributed by atoms with Crippen LogP contribution in [0.5, 0.6) is 0 Å². The Balaban J connectivity index is 2.07. The number of aliphatic carboxylic acids is 1. The molecular weight excluding hydrogens is 308 g/mol. The molecule has 1 fully saturated rings. The molecule has 0 saturated carbocycles. The number of benzene rings is 1. The molecule has 7 nitrogen and oxygen atoms in total. The lowest BCUT2D eigenvalue weighted by atomic mass is 10.2. The topological polar surface area (TPSA) is 99.8 Å². The van der Waals surface area contributed by atoms with E-state index >= 15 is 0 Å². The molecule has 1 aromatic heterocycles. The number of carboxylic acids is 1. The fraction of sp³-hybridized carbons (Fsp3) is 0.357. The number of hydrogen-bond donors (Lipinski definition) is 2. The molecule has 1 aliphatic heterocycles. The first kappa shape index (κ1) is 15.0. The number of aryl methyl sites for hydroxylation is 1. The van der Waals surface area contributed by atoms with Gasteiger partial charge in [-0.1, -0.05) is 6.07 Å². The van der Waals surface area contributed by atoms with Gasteiger partial charge in [-0.2, -0.15) is 4.31 Å². The summed E-state index contributed by atoms with van der Waals surface area (Å²) in [4.78, 5) is 11.3. The number of carbonyl (C=O) groups is 1. The van der Waals surface area contributed by atoms with Gasteiger partial charge in [0.2, 0.25) is 10.0 Å². The van der Waals surface area contributed by atoms with Crippen LogP contribution in [0.2, 0.25) is 0 Å². The van der Waals surface area contributed by atoms with Crippen LogP contribution in [0.3, 0.4) is 0 Å². The molecule has 8 heteroatoms. The Kier molecular flexibility index (Phi) is 3.47. The second-order valence-corrected chi connectivity index (χ2v) is 7.36. The normalized spacial score (nSPS) is 23.2. The molecule has 0 radical (unpaired) electrons. The molecule has 22 heavy (non-hydrogen) atoms. The van der Waals surface area contributed by atoms with Crippen LogP contribution in [0, 0.1) is 0 Å². The molecule has 1 saturated heterocycles. The highest BCUT2D eigenvalue weighted by molar-refractivity contribution is 7.89. The number of hydrogen-bond acceptors (Lipinski definition) is 4. The Morgan fingerprint density at radius 2 is 2.05 bits per heavy atom. The van der Waals surface area contributed by atoms with Crippen molar-refractivity contribution in [2.45, 2.75) is 23.5 Å². The second kappa shape index (κ2) is 5.08. The van der Waals surface area contributed by atoms with Crippen LogP contribution in [0.15, 0.2) is 35.4 Å². The van der Waals surface area contributed by atoms with Crippen LogP contribution in [0.4, 0.5) is 0 Å². The number of fused-ring (bicyclic) bond motifs is 1. The van der Waals surface area contributed by atoms with Crippen LogP contribution in [0.25, 0.3) is 10.9 Å². The van der Waals surface area contributed by atoms with E-state index in [1.54, 1.807) is 17.7 Å². The number of sulfonamides is 1. The van der Waals surface area contributed by atoms with E-state index < -0.39 is 28.1 Å². The standard InChI is InChI=1S/C14H16N2O5S/c1-15-5-4-9-2-3-11(7-12(9)15)22(20,21)16-8-10(17)6-13(16)14(18)19/h2-5,7,10,13,17H,6,8H2,1H3,(H,18,19)/t10-,13+/m0/s1. The minimum absolute atomic E-state index is 0.0298. The van der Waals surface area contributed by atoms with E-state index in [-0.39, 0.29) is 17.9 Å². The summed E-state index contributed by atoms with van der Waals surface area (Å²) in [5.41, 5.74) is 0.743. The molecule has 2 heterocycles. The minimum atomic E-state index is -3.97. The Bertz CT molecular complexity index is 842. The van der Waals surface area contributed by atoms with Crippen molar-refractivity contribution in [3.63, 3.8) is 0 Å². The summed E-state index contributed by atoms with van der Waals surface area (Å²) >= 11 is 0. The molecule has 2 aromatic rings. The van der Waals surface area contributed by atoms with E-state index in [9.17, 15) is 23.4 Å². The first-order chi connectivity index (χ1) is 10.3. The fourth-order valence-electron chi connectivity index (χ4n) is 2.81. The minimum Gasteiger partial charge on any atom is -0.480 e. The van der Waals surface area contributed by atoms with Crippen molar-refractivity contribution in [1.29, 1.82) is 0 Å². The lowest BCUT2D eigenvalue weighted by Crippen LogP contribution is -2.40. The third-order valence-corrected chi connectivity index (χ3v) is 5.86. The molecule has 0 amide bonds. The van der Waals surface area contributed by atoms with Gasteiger partial charge in [-0.3, -0.25) is 4.79 Å². The SMILES string of the molecule is Cn1ccc2ccc(S(=O)(=O)N3C[C@@H](O)C[C@@H]3C(=O)O)cc21. The summed E-state index contributed by atoms with van der Waals surface area (Å²) in [5.74, 6) is -1.25. The largest absolute Gasteiger partial charge is 0.480 e. The molecule has 3 rings (SSSR count). The number of nitrogens with zero attached hydrogens (tertiary/aromatic N) is 2. The monoisotopic (exact) mass is 324 g/mol. The van der Waals surface area contributed by atoms with Crippen LogP contribution in [-0.2, 0) is 21.9 Å². The lowest BCUT2D eigenvalue weighted by molar-refractivity contribution is -0.140. The number of aliphatic hydroxyl groups excluding tert-OH is 1. The Morgan fingerprint density at radius 3 is 2.73 bits per heavy atom. The third-order valence-electron chi connectivity index (χ3n) is 3.98. The zero-order valence-corrected chi connectivity index (χ0v) is 12.7. The summed E-state index contributed by atoms with van der Waals surface area (Å²) in [6.07, 6.45) is 0.761. The number of carboxylic acid groups (broad SMARTS) is 1. The van der Waals surface area contributed by atoms with Crippen LogP contribution in [-0.4, -0.2) is 52.2 Å². The van der Waals surface area contributed by atoms with Crippen molar-refractivity contribution >= 4 is 26.9 Å². The maximum atomic E-state index is 12.7. The lowest BCUT2D eigenvalue weighted by Gasteiger charge is -2.20. The maximum absolute atomic E-state index is 12.7. The van der Waals surface area contributed by atoms with Crippen LogP contribution >= 0.6 is 0 Å². The third kappa shape index (κ3) is 2.29. The van der Waals surface area contributed by atoms with Gasteiger partial charge in [0, 0.05) is 31.7 Å². The van der Waals surface area contributed by atoms with Gasteiger partial charge in [0.15, 0.2) is 0 Å². The van der Waals surface area contributed by atoms with Crippen LogP contribution in [0.1, 0.15) is 6.42 Å². The van der Waals surface area contributed by atoms with E-state index in [0.29, 0.717) is 0 Å². The Labute approximate surface area is 127 Å². The van der Waals surface area contributed by atoms with E-state index in [2.05, 4.69) is 0 Å². The van der Waals surface area contributed by atoms with Gasteiger partial charge in [0.25, 0.3) is 0 Å². The highest BCUT2D eigenvalue weighted by atomic mass is 32.2. The highest BCUT2D eigenvalue weighted by Gasteiger charge is 2.43. The van der Waals surface area contributed by atoms with Gasteiger partial charge in [-0.05, 0) is 23.6 Å². The van der Waals surface area contributed by atoms with E-state index in [4.69, 9.17) is 0 Å². The average Bonchev–Trinajstić information content (AvgIpc) is 3.03. The number of rotatable bonds is 3. The summed E-state index contributed by atoms with van der Waals surface area (Å²) in [6, 6.07) is 5.30. The molecule has 0 spiro atoms. The van der Waals surface area contributed by atoms with Gasteiger partial charge in [-0.15, -0.1) is 0 Å². The number of aromatic nitrogens is 1. The first-order valence-electron chi connectivity index (χ1n) is 6.78. The molecule has 0 aliphatic carbocycles. The molecule has 2 atom stereocenters. The van der Waals surface area contributed by atoms with Crippen molar-refractivity contribution in [3.8, 4) is 0 Å². The molecular formula is C14H16N2O5S. The number of β-amino-alcohol motifs (C(OH)–C–C–N with tert-alkyl or cyclic N) is 1. The van der Waals surface area contributed by atoms with Crippen molar-refractivity contribution < 1.29 is 23.4 Å². The summed E-state index contributed by atoms with van der Waals surface area (Å²) in [5, 5.41) is 19.7. The van der Waals surface area contributed by atoms with Crippen molar-refractivity contribution in [2.75, 3.05) is 6.54 Å². The first-order valence-corrected chi connectivity index (χ1v) is 8.22. The molecule has 2 N–H and O–H groups in total. The van der Waals surface area contributed by atoms with E-state index in [1.165, 1.54) is 12.1 Å². The molecule has 0 unspecified atom stereocenters. The van der Waals surface area contributed by atoms with Crippen molar-refractivity contribution in [3.05, 3.63) is 30.5 Å². The molecule has 118 valence electrons. The quantitative estimate of drug-likeness (QED) is 0.850. The summed E-state index contributed by atoms with van der Waals surface area (Å²) < 4.78 is 28.1. The number of aliphatic hydroxyl groups is 1. The van der Waals surface area contributed by atoms with Gasteiger partial charge < -0.3 is 14.8 Å². The van der Waals surface area contributed by atoms with Gasteiger partial charge in [0.05, 0.1) is 11.0 Å². The zero-order chi connectivity index (χ0) is 16.1. The fourth-order valence-corrected chi connectivity index (χ4v) is 4.46. The summed E-state index contributed by atoms with van der Waals surface area (Å²) in [6.45, 7) is -0.204. The van der Waals surface area contributed by atoms with Crippen LogP contribution < -0.4 is 0 Å². The second-order valence-electron chi connectivity index (χ2n) is 5.47. The maximum Gasteiger partial charge on any atom is 0.322 e. The van der Waals surface area contributed by atoms with Crippen molar-refractivity contribution in [2.24, 2.45) is 7.05 Å². The van der Waals surface area contributed by atoms with Gasteiger partial charge in [-0.25, -0.2) is 8.42 Å². The Morgan fingerprint density at radius 1 is 1.32 bits per heavy atom. The van der Waals surface area contributed by atoms with Gasteiger partial charge in [0.1, 0.15) is 6.04 Å². The predicted octanol–water partition coefficient (Wildman–Crippen LogP) is 0.387. The molecule has 0 bridgehead atoms. The smallest absolute Gasteiger partial charge is 0.322 e. The van der Waals surface area contributed by atoms with Gasteiger partial charge >= 0.3 is 5.97 Å². The zero-order valence-electron chi connectivity index (χ0n) is 11.9. The highest BCUT2D eigenvalue weighted by Crippen LogP contribution is 2.28. The Hall–Kier alpha value is -1.90. The molecule has 1 aromatic carbocycles. The predicted molar refractivity (Wildman–Crippen MR) is 78.9 cm³/mol. The summed E-state index contributed by atoms with van der Waals surface area (Å²) in [7, 11) is -2.17. The van der Waals surface area contributed by atoms with E-state index in [1.807, 2.05) is 12.3 Å². The molecule has 1 aliphatic rings. The van der Waals surface area contributed by atoms with Crippen molar-refractivity contribution in [1.82, 2.24) is 8.87 Å². The average molecular weight is 324 g/mol.